The molecule has 7 nitrogen and oxygen atoms in total. The molecule has 0 aliphatic carbocycles. The number of hydrogen-bond donors (Lipinski definition) is 1. The molecule has 1 N–H and O–H groups in total. The van der Waals surface area contributed by atoms with Crippen molar-refractivity contribution in [3.05, 3.63) is 33.9 Å². The first-order chi connectivity index (χ1) is 9.88. The second-order valence-corrected chi connectivity index (χ2v) is 5.07. The van der Waals surface area contributed by atoms with Crippen LogP contribution in [0.4, 0.5) is 5.69 Å². The van der Waals surface area contributed by atoms with Crippen LogP contribution in [0.3, 0.4) is 0 Å². The van der Waals surface area contributed by atoms with Crippen LogP contribution < -0.4 is 0 Å². The molecule has 0 bridgehead atoms. The molecule has 0 aliphatic rings. The standard InChI is InChI=1S/C14H20N2O5/c1-10(2)9-15(7-8-21-3)14(18)11-5-4-6-12(13(11)17)16(19)20/h4-6,10,17H,7-9H2,1-3H3. The lowest BCUT2D eigenvalue weighted by atomic mass is 10.1. The number of nitro groups is 1. The van der Waals surface area contributed by atoms with Gasteiger partial charge in [0.2, 0.25) is 5.75 Å². The van der Waals surface area contributed by atoms with Crippen molar-refractivity contribution < 1.29 is 19.6 Å². The van der Waals surface area contributed by atoms with Crippen molar-refractivity contribution in [2.45, 2.75) is 13.8 Å². The zero-order valence-electron chi connectivity index (χ0n) is 12.4. The summed E-state index contributed by atoms with van der Waals surface area (Å²) in [6.07, 6.45) is 0. The van der Waals surface area contributed by atoms with Crippen molar-refractivity contribution in [2.24, 2.45) is 5.92 Å². The summed E-state index contributed by atoms with van der Waals surface area (Å²) in [4.78, 5) is 24.1. The predicted molar refractivity (Wildman–Crippen MR) is 77.4 cm³/mol. The summed E-state index contributed by atoms with van der Waals surface area (Å²) in [7, 11) is 1.53. The van der Waals surface area contributed by atoms with Gasteiger partial charge in [-0.2, -0.15) is 0 Å². The highest BCUT2D eigenvalue weighted by Crippen LogP contribution is 2.30. The van der Waals surface area contributed by atoms with E-state index in [9.17, 15) is 20.0 Å². The number of phenolic OH excluding ortho intramolecular Hbond substituents is 1. The number of rotatable bonds is 7. The molecule has 1 aromatic rings. The molecular weight excluding hydrogens is 276 g/mol. The Morgan fingerprint density at radius 3 is 2.67 bits per heavy atom. The van der Waals surface area contributed by atoms with Crippen molar-refractivity contribution in [1.82, 2.24) is 4.90 Å². The van der Waals surface area contributed by atoms with Crippen molar-refractivity contribution in [1.29, 1.82) is 0 Å². The summed E-state index contributed by atoms with van der Waals surface area (Å²) >= 11 is 0. The topological polar surface area (TPSA) is 92.9 Å². The minimum atomic E-state index is -0.714. The SMILES string of the molecule is COCCN(CC(C)C)C(=O)c1cccc([N+](=O)[O-])c1O. The van der Waals surface area contributed by atoms with Crippen LogP contribution in [0.25, 0.3) is 0 Å². The Labute approximate surface area is 123 Å². The van der Waals surface area contributed by atoms with E-state index >= 15 is 0 Å². The Morgan fingerprint density at radius 1 is 1.48 bits per heavy atom. The van der Waals surface area contributed by atoms with Crippen LogP contribution >= 0.6 is 0 Å². The smallest absolute Gasteiger partial charge is 0.311 e. The van der Waals surface area contributed by atoms with Gasteiger partial charge in [-0.25, -0.2) is 0 Å². The second kappa shape index (κ2) is 7.58. The first-order valence-corrected chi connectivity index (χ1v) is 6.63. The molecule has 0 atom stereocenters. The van der Waals surface area contributed by atoms with E-state index in [4.69, 9.17) is 4.74 Å². The van der Waals surface area contributed by atoms with Gasteiger partial charge in [-0.05, 0) is 12.0 Å². The molecule has 0 fully saturated rings. The highest BCUT2D eigenvalue weighted by atomic mass is 16.6. The third-order valence-electron chi connectivity index (χ3n) is 2.88. The molecule has 0 unspecified atom stereocenters. The molecular formula is C14H20N2O5. The van der Waals surface area contributed by atoms with Gasteiger partial charge in [-0.1, -0.05) is 19.9 Å². The minimum absolute atomic E-state index is 0.0686. The minimum Gasteiger partial charge on any atom is -0.502 e. The van der Waals surface area contributed by atoms with Gasteiger partial charge >= 0.3 is 5.69 Å². The van der Waals surface area contributed by atoms with E-state index in [1.54, 1.807) is 0 Å². The number of ether oxygens (including phenoxy) is 1. The molecule has 0 saturated carbocycles. The first-order valence-electron chi connectivity index (χ1n) is 6.63. The monoisotopic (exact) mass is 296 g/mol. The lowest BCUT2D eigenvalue weighted by molar-refractivity contribution is -0.385. The number of nitrogens with zero attached hydrogens (tertiary/aromatic N) is 2. The van der Waals surface area contributed by atoms with Crippen LogP contribution in [-0.4, -0.2) is 47.6 Å². The number of carbonyl (C=O) groups excluding carboxylic acids is 1. The van der Waals surface area contributed by atoms with Crippen LogP contribution in [0.2, 0.25) is 0 Å². The van der Waals surface area contributed by atoms with Gasteiger partial charge < -0.3 is 14.7 Å². The first kappa shape index (κ1) is 16.9. The predicted octanol–water partition coefficient (Wildman–Crippen LogP) is 2.05. The van der Waals surface area contributed by atoms with Gasteiger partial charge in [-0.3, -0.25) is 14.9 Å². The molecule has 116 valence electrons. The van der Waals surface area contributed by atoms with Crippen LogP contribution in [0.1, 0.15) is 24.2 Å². The Kier molecular flexibility index (Phi) is 6.10. The Morgan fingerprint density at radius 2 is 2.14 bits per heavy atom. The highest BCUT2D eigenvalue weighted by molar-refractivity contribution is 5.98. The summed E-state index contributed by atoms with van der Waals surface area (Å²) in [5.74, 6) is -0.813. The summed E-state index contributed by atoms with van der Waals surface area (Å²) < 4.78 is 4.97. The number of para-hydroxylation sites is 1. The zero-order chi connectivity index (χ0) is 16.0. The van der Waals surface area contributed by atoms with Crippen molar-refractivity contribution in [3.8, 4) is 5.75 Å². The largest absolute Gasteiger partial charge is 0.502 e. The maximum Gasteiger partial charge on any atom is 0.311 e. The summed E-state index contributed by atoms with van der Waals surface area (Å²) in [6, 6.07) is 3.92. The summed E-state index contributed by atoms with van der Waals surface area (Å²) in [5.41, 5.74) is -0.543. The molecule has 1 rings (SSSR count). The van der Waals surface area contributed by atoms with Crippen LogP contribution in [0, 0.1) is 16.0 Å². The van der Waals surface area contributed by atoms with Gasteiger partial charge in [0.05, 0.1) is 17.1 Å². The van der Waals surface area contributed by atoms with Crippen LogP contribution in [0.5, 0.6) is 5.75 Å². The molecule has 1 amide bonds. The average molecular weight is 296 g/mol. The van der Waals surface area contributed by atoms with E-state index in [0.717, 1.165) is 6.07 Å². The van der Waals surface area contributed by atoms with Crippen molar-refractivity contribution in [3.63, 3.8) is 0 Å². The molecule has 0 radical (unpaired) electrons. The molecule has 0 saturated heterocycles. The fraction of sp³-hybridized carbons (Fsp3) is 0.500. The van der Waals surface area contributed by atoms with Crippen LogP contribution in [0.15, 0.2) is 18.2 Å². The number of carbonyl (C=O) groups is 1. The highest BCUT2D eigenvalue weighted by Gasteiger charge is 2.24. The van der Waals surface area contributed by atoms with Crippen LogP contribution in [-0.2, 0) is 4.74 Å². The molecule has 0 spiro atoms. The van der Waals surface area contributed by atoms with Gasteiger partial charge in [0, 0.05) is 26.3 Å². The molecule has 1 aromatic carbocycles. The lowest BCUT2D eigenvalue weighted by Crippen LogP contribution is -2.36. The number of nitro benzene ring substituents is 1. The zero-order valence-corrected chi connectivity index (χ0v) is 12.4. The Bertz CT molecular complexity index is 516. The number of benzene rings is 1. The van der Waals surface area contributed by atoms with E-state index in [-0.39, 0.29) is 11.5 Å². The van der Waals surface area contributed by atoms with Gasteiger partial charge in [-0.15, -0.1) is 0 Å². The number of amides is 1. The number of phenols is 1. The third kappa shape index (κ3) is 4.42. The molecule has 0 aromatic heterocycles. The Hall–Kier alpha value is -2.15. The van der Waals surface area contributed by atoms with Gasteiger partial charge in [0.25, 0.3) is 5.91 Å². The quantitative estimate of drug-likeness (QED) is 0.614. The van der Waals surface area contributed by atoms with Crippen molar-refractivity contribution >= 4 is 11.6 Å². The van der Waals surface area contributed by atoms with Gasteiger partial charge in [0.15, 0.2) is 0 Å². The third-order valence-corrected chi connectivity index (χ3v) is 2.88. The lowest BCUT2D eigenvalue weighted by Gasteiger charge is -2.24. The fourth-order valence-corrected chi connectivity index (χ4v) is 1.94. The molecule has 21 heavy (non-hydrogen) atoms. The van der Waals surface area contributed by atoms with E-state index in [1.807, 2.05) is 13.8 Å². The number of hydrogen-bond acceptors (Lipinski definition) is 5. The van der Waals surface area contributed by atoms with E-state index in [1.165, 1.54) is 24.1 Å². The second-order valence-electron chi connectivity index (χ2n) is 5.07. The Balaban J connectivity index is 3.08. The molecule has 0 heterocycles. The number of aromatic hydroxyl groups is 1. The van der Waals surface area contributed by atoms with E-state index in [0.29, 0.717) is 19.7 Å². The van der Waals surface area contributed by atoms with Gasteiger partial charge in [0.1, 0.15) is 0 Å². The molecule has 7 heteroatoms. The normalized spacial score (nSPS) is 10.7. The maximum absolute atomic E-state index is 12.5. The fourth-order valence-electron chi connectivity index (χ4n) is 1.94. The number of methoxy groups -OCH3 is 1. The van der Waals surface area contributed by atoms with E-state index in [2.05, 4.69) is 0 Å². The maximum atomic E-state index is 12.5. The summed E-state index contributed by atoms with van der Waals surface area (Å²) in [6.45, 7) is 5.11. The van der Waals surface area contributed by atoms with Crippen molar-refractivity contribution in [2.75, 3.05) is 26.8 Å². The summed E-state index contributed by atoms with van der Waals surface area (Å²) in [5, 5.41) is 20.7. The average Bonchev–Trinajstić information content (AvgIpc) is 2.42. The molecule has 0 aliphatic heterocycles. The van der Waals surface area contributed by atoms with E-state index < -0.39 is 22.3 Å².